The Morgan fingerprint density at radius 2 is 1.70 bits per heavy atom. The van der Waals surface area contributed by atoms with Gasteiger partial charge in [0, 0.05) is 18.0 Å². The monoisotopic (exact) mass is 331 g/mol. The van der Waals surface area contributed by atoms with Crippen molar-refractivity contribution in [2.45, 2.75) is 19.4 Å². The molecule has 2 aromatic carbocycles. The molecule has 1 N–H and O–H groups in total. The standard InChI is InChI=1S/C18H18ClNO3/c19-16-9-5-4-8-15(16)12-20-17(21)13-23-18(22)11-10-14-6-2-1-3-7-14/h1-9H,10-13H2,(H,20,21). The van der Waals surface area contributed by atoms with E-state index in [0.29, 0.717) is 18.0 Å². The normalized spacial score (nSPS) is 10.1. The summed E-state index contributed by atoms with van der Waals surface area (Å²) >= 11 is 6.00. The first kappa shape index (κ1) is 17.0. The summed E-state index contributed by atoms with van der Waals surface area (Å²) in [5.41, 5.74) is 1.88. The fraction of sp³-hybridized carbons (Fsp3) is 0.222. The van der Waals surface area contributed by atoms with Gasteiger partial charge in [0.25, 0.3) is 5.91 Å². The van der Waals surface area contributed by atoms with Crippen molar-refractivity contribution in [1.82, 2.24) is 5.32 Å². The van der Waals surface area contributed by atoms with Gasteiger partial charge in [-0.25, -0.2) is 0 Å². The largest absolute Gasteiger partial charge is 0.456 e. The van der Waals surface area contributed by atoms with Crippen molar-refractivity contribution in [2.24, 2.45) is 0 Å². The third-order valence-corrected chi connectivity index (χ3v) is 3.63. The molecule has 0 saturated heterocycles. The molecular weight excluding hydrogens is 314 g/mol. The van der Waals surface area contributed by atoms with Crippen molar-refractivity contribution in [3.63, 3.8) is 0 Å². The zero-order valence-electron chi connectivity index (χ0n) is 12.6. The number of amides is 1. The summed E-state index contributed by atoms with van der Waals surface area (Å²) in [6.07, 6.45) is 0.850. The Morgan fingerprint density at radius 3 is 2.43 bits per heavy atom. The summed E-state index contributed by atoms with van der Waals surface area (Å²) in [6, 6.07) is 16.9. The van der Waals surface area contributed by atoms with Gasteiger partial charge >= 0.3 is 5.97 Å². The van der Waals surface area contributed by atoms with Crippen LogP contribution in [0.4, 0.5) is 0 Å². The number of hydrogen-bond acceptors (Lipinski definition) is 3. The maximum Gasteiger partial charge on any atom is 0.306 e. The minimum absolute atomic E-state index is 0.252. The maximum atomic E-state index is 11.7. The molecule has 0 fully saturated rings. The highest BCUT2D eigenvalue weighted by Crippen LogP contribution is 2.14. The molecule has 0 spiro atoms. The van der Waals surface area contributed by atoms with Crippen molar-refractivity contribution in [3.05, 3.63) is 70.7 Å². The van der Waals surface area contributed by atoms with E-state index >= 15 is 0 Å². The second kappa shape index (κ2) is 8.96. The minimum Gasteiger partial charge on any atom is -0.456 e. The first-order valence-corrected chi connectivity index (χ1v) is 7.72. The molecule has 2 rings (SSSR count). The summed E-state index contributed by atoms with van der Waals surface area (Å²) in [5.74, 6) is -0.736. The molecule has 4 nitrogen and oxygen atoms in total. The van der Waals surface area contributed by atoms with Crippen molar-refractivity contribution >= 4 is 23.5 Å². The van der Waals surface area contributed by atoms with E-state index in [1.165, 1.54) is 0 Å². The zero-order valence-corrected chi connectivity index (χ0v) is 13.4. The summed E-state index contributed by atoms with van der Waals surface area (Å²) in [5, 5.41) is 3.26. The zero-order chi connectivity index (χ0) is 16.5. The molecule has 1 amide bonds. The van der Waals surface area contributed by atoms with E-state index in [-0.39, 0.29) is 24.9 Å². The van der Waals surface area contributed by atoms with Gasteiger partial charge in [-0.2, -0.15) is 0 Å². The Morgan fingerprint density at radius 1 is 1.00 bits per heavy atom. The number of esters is 1. The number of nitrogens with one attached hydrogen (secondary N) is 1. The highest BCUT2D eigenvalue weighted by atomic mass is 35.5. The first-order valence-electron chi connectivity index (χ1n) is 7.35. The van der Waals surface area contributed by atoms with Crippen LogP contribution in [0.25, 0.3) is 0 Å². The Labute approximate surface area is 140 Å². The fourth-order valence-corrected chi connectivity index (χ4v) is 2.20. The lowest BCUT2D eigenvalue weighted by atomic mass is 10.1. The molecule has 0 unspecified atom stereocenters. The summed E-state index contributed by atoms with van der Waals surface area (Å²) in [7, 11) is 0. The van der Waals surface area contributed by atoms with Crippen molar-refractivity contribution in [1.29, 1.82) is 0 Å². The third kappa shape index (κ3) is 6.12. The Bertz CT molecular complexity index is 658. The van der Waals surface area contributed by atoms with Crippen molar-refractivity contribution < 1.29 is 14.3 Å². The Kier molecular flexibility index (Phi) is 6.63. The molecule has 2 aromatic rings. The van der Waals surface area contributed by atoms with E-state index in [2.05, 4.69) is 5.32 Å². The lowest BCUT2D eigenvalue weighted by molar-refractivity contribution is -0.148. The number of ether oxygens (including phenoxy) is 1. The molecule has 120 valence electrons. The van der Waals surface area contributed by atoms with E-state index in [4.69, 9.17) is 16.3 Å². The van der Waals surface area contributed by atoms with Gasteiger partial charge in [-0.1, -0.05) is 60.1 Å². The fourth-order valence-electron chi connectivity index (χ4n) is 2.00. The molecule has 0 aliphatic heterocycles. The lowest BCUT2D eigenvalue weighted by Crippen LogP contribution is -2.28. The van der Waals surface area contributed by atoms with Gasteiger partial charge in [0.2, 0.25) is 0 Å². The van der Waals surface area contributed by atoms with Crippen molar-refractivity contribution in [3.8, 4) is 0 Å². The Balaban J connectivity index is 1.66. The Hall–Kier alpha value is -2.33. The number of halogens is 1. The van der Waals surface area contributed by atoms with Gasteiger partial charge in [0.1, 0.15) is 0 Å². The van der Waals surface area contributed by atoms with Crippen LogP contribution in [0.3, 0.4) is 0 Å². The van der Waals surface area contributed by atoms with Crippen LogP contribution in [0.1, 0.15) is 17.5 Å². The number of benzene rings is 2. The number of hydrogen-bond donors (Lipinski definition) is 1. The van der Waals surface area contributed by atoms with Crippen molar-refractivity contribution in [2.75, 3.05) is 6.61 Å². The van der Waals surface area contributed by atoms with Gasteiger partial charge in [-0.05, 0) is 23.6 Å². The van der Waals surface area contributed by atoms with E-state index in [0.717, 1.165) is 11.1 Å². The van der Waals surface area contributed by atoms with Gasteiger partial charge in [-0.15, -0.1) is 0 Å². The summed E-state index contributed by atoms with van der Waals surface area (Å²) in [6.45, 7) is 0.0259. The molecule has 0 heterocycles. The number of aryl methyl sites for hydroxylation is 1. The first-order chi connectivity index (χ1) is 11.1. The molecule has 0 aromatic heterocycles. The molecule has 0 saturated carbocycles. The van der Waals surface area contributed by atoms with Gasteiger partial charge in [0.15, 0.2) is 6.61 Å². The topological polar surface area (TPSA) is 55.4 Å². The van der Waals surface area contributed by atoms with Gasteiger partial charge < -0.3 is 10.1 Å². The molecule has 0 aliphatic rings. The smallest absolute Gasteiger partial charge is 0.306 e. The van der Waals surface area contributed by atoms with Crippen LogP contribution in [-0.4, -0.2) is 18.5 Å². The maximum absolute atomic E-state index is 11.7. The SMILES string of the molecule is O=C(COC(=O)CCc1ccccc1)NCc1ccccc1Cl. The molecule has 0 radical (unpaired) electrons. The molecular formula is C18H18ClNO3. The van der Waals surface area contributed by atoms with Crippen LogP contribution in [0.2, 0.25) is 5.02 Å². The second-order valence-electron chi connectivity index (χ2n) is 5.01. The predicted molar refractivity (Wildman–Crippen MR) is 89.0 cm³/mol. The van der Waals surface area contributed by atoms with Gasteiger partial charge in [0.05, 0.1) is 0 Å². The molecule has 0 aliphatic carbocycles. The van der Waals surface area contributed by atoms with Crippen LogP contribution in [0, 0.1) is 0 Å². The average molecular weight is 332 g/mol. The lowest BCUT2D eigenvalue weighted by Gasteiger charge is -2.08. The highest BCUT2D eigenvalue weighted by Gasteiger charge is 2.08. The van der Waals surface area contributed by atoms with E-state index in [1.807, 2.05) is 48.5 Å². The van der Waals surface area contributed by atoms with Crippen LogP contribution < -0.4 is 5.32 Å². The summed E-state index contributed by atoms with van der Waals surface area (Å²) < 4.78 is 4.96. The highest BCUT2D eigenvalue weighted by molar-refractivity contribution is 6.31. The molecule has 5 heteroatoms. The van der Waals surface area contributed by atoms with Crippen LogP contribution in [0.15, 0.2) is 54.6 Å². The average Bonchev–Trinajstić information content (AvgIpc) is 2.58. The third-order valence-electron chi connectivity index (χ3n) is 3.26. The number of carbonyl (C=O) groups is 2. The second-order valence-corrected chi connectivity index (χ2v) is 5.42. The minimum atomic E-state index is -0.387. The quantitative estimate of drug-likeness (QED) is 0.793. The van der Waals surface area contributed by atoms with Crippen LogP contribution in [0.5, 0.6) is 0 Å². The predicted octanol–water partition coefficient (Wildman–Crippen LogP) is 3.13. The van der Waals surface area contributed by atoms with Crippen LogP contribution in [-0.2, 0) is 27.3 Å². The van der Waals surface area contributed by atoms with E-state index in [1.54, 1.807) is 6.07 Å². The number of rotatable bonds is 7. The summed E-state index contributed by atoms with van der Waals surface area (Å²) in [4.78, 5) is 23.3. The van der Waals surface area contributed by atoms with Gasteiger partial charge in [-0.3, -0.25) is 9.59 Å². The molecule has 23 heavy (non-hydrogen) atoms. The van der Waals surface area contributed by atoms with Crippen LogP contribution >= 0.6 is 11.6 Å². The van der Waals surface area contributed by atoms with E-state index < -0.39 is 0 Å². The number of carbonyl (C=O) groups excluding carboxylic acids is 2. The van der Waals surface area contributed by atoms with E-state index in [9.17, 15) is 9.59 Å². The molecule has 0 bridgehead atoms. The molecule has 0 atom stereocenters.